The van der Waals surface area contributed by atoms with Crippen LogP contribution in [0.2, 0.25) is 0 Å². The van der Waals surface area contributed by atoms with Crippen molar-refractivity contribution < 1.29 is 4.92 Å². The lowest BCUT2D eigenvalue weighted by molar-refractivity contribution is -0.384. The Balaban J connectivity index is 2.86. The molecule has 17 heavy (non-hydrogen) atoms. The van der Waals surface area contributed by atoms with Crippen LogP contribution in [0.4, 0.5) is 11.4 Å². The summed E-state index contributed by atoms with van der Waals surface area (Å²) in [5, 5.41) is 14.2. The van der Waals surface area contributed by atoms with E-state index in [1.165, 1.54) is 0 Å². The first-order chi connectivity index (χ1) is 7.90. The van der Waals surface area contributed by atoms with Crippen LogP contribution >= 0.6 is 0 Å². The van der Waals surface area contributed by atoms with Crippen LogP contribution in [-0.4, -0.2) is 11.0 Å². The lowest BCUT2D eigenvalue weighted by Gasteiger charge is -2.17. The minimum atomic E-state index is -0.336. The summed E-state index contributed by atoms with van der Waals surface area (Å²) >= 11 is 0. The molecule has 0 amide bonds. The average Bonchev–Trinajstić information content (AvgIpc) is 2.19. The van der Waals surface area contributed by atoms with Crippen molar-refractivity contribution in [2.24, 2.45) is 5.92 Å². The molecule has 0 aliphatic rings. The molecule has 0 aliphatic heterocycles. The van der Waals surface area contributed by atoms with Gasteiger partial charge in [-0.25, -0.2) is 0 Å². The van der Waals surface area contributed by atoms with Gasteiger partial charge < -0.3 is 5.32 Å². The minimum Gasteiger partial charge on any atom is -0.377 e. The molecule has 1 aromatic rings. The molecular formula is C13H20N2O2. The summed E-state index contributed by atoms with van der Waals surface area (Å²) < 4.78 is 0. The second-order valence-electron chi connectivity index (χ2n) is 4.95. The normalized spacial score (nSPS) is 12.5. The summed E-state index contributed by atoms with van der Waals surface area (Å²) in [4.78, 5) is 10.6. The van der Waals surface area contributed by atoms with Crippen molar-refractivity contribution in [3.05, 3.63) is 33.9 Å². The van der Waals surface area contributed by atoms with Gasteiger partial charge in [-0.1, -0.05) is 19.9 Å². The van der Waals surface area contributed by atoms with Gasteiger partial charge in [0.25, 0.3) is 5.69 Å². The Labute approximate surface area is 102 Å². The number of hydrogen-bond donors (Lipinski definition) is 1. The quantitative estimate of drug-likeness (QED) is 0.625. The molecule has 1 unspecified atom stereocenters. The van der Waals surface area contributed by atoms with Crippen LogP contribution in [0.5, 0.6) is 0 Å². The maximum absolute atomic E-state index is 10.9. The molecule has 0 saturated carbocycles. The van der Waals surface area contributed by atoms with Gasteiger partial charge in [0.05, 0.1) is 4.92 Å². The van der Waals surface area contributed by atoms with Crippen LogP contribution < -0.4 is 5.32 Å². The van der Waals surface area contributed by atoms with Crippen LogP contribution in [0.15, 0.2) is 18.2 Å². The predicted octanol–water partition coefficient (Wildman–Crippen LogP) is 3.75. The highest BCUT2D eigenvalue weighted by Gasteiger charge is 2.15. The number of nitro groups is 1. The Bertz CT molecular complexity index is 402. The summed E-state index contributed by atoms with van der Waals surface area (Å²) in [6, 6.07) is 5.50. The van der Waals surface area contributed by atoms with Gasteiger partial charge >= 0.3 is 0 Å². The lowest BCUT2D eigenvalue weighted by Crippen LogP contribution is -2.18. The van der Waals surface area contributed by atoms with Gasteiger partial charge in [-0.2, -0.15) is 0 Å². The van der Waals surface area contributed by atoms with Crippen molar-refractivity contribution in [1.29, 1.82) is 0 Å². The maximum Gasteiger partial charge on any atom is 0.292 e. The molecule has 0 bridgehead atoms. The molecule has 0 saturated heterocycles. The number of benzene rings is 1. The largest absolute Gasteiger partial charge is 0.377 e. The third-order valence-electron chi connectivity index (χ3n) is 2.58. The van der Waals surface area contributed by atoms with E-state index in [1.807, 2.05) is 19.9 Å². The first-order valence-corrected chi connectivity index (χ1v) is 5.91. The van der Waals surface area contributed by atoms with E-state index in [4.69, 9.17) is 0 Å². The Morgan fingerprint density at radius 2 is 2.00 bits per heavy atom. The molecule has 4 heteroatoms. The molecule has 1 N–H and O–H groups in total. The second-order valence-corrected chi connectivity index (χ2v) is 4.95. The highest BCUT2D eigenvalue weighted by molar-refractivity contribution is 5.62. The van der Waals surface area contributed by atoms with E-state index in [0.29, 0.717) is 11.6 Å². The van der Waals surface area contributed by atoms with E-state index >= 15 is 0 Å². The van der Waals surface area contributed by atoms with Gasteiger partial charge in [-0.3, -0.25) is 10.1 Å². The molecule has 1 aromatic carbocycles. The first-order valence-electron chi connectivity index (χ1n) is 5.91. The van der Waals surface area contributed by atoms with Gasteiger partial charge in [0, 0.05) is 12.1 Å². The fourth-order valence-corrected chi connectivity index (χ4v) is 1.95. The van der Waals surface area contributed by atoms with E-state index < -0.39 is 0 Å². The number of rotatable bonds is 5. The van der Waals surface area contributed by atoms with Crippen LogP contribution in [-0.2, 0) is 0 Å². The van der Waals surface area contributed by atoms with Crippen LogP contribution in [0.1, 0.15) is 32.8 Å². The maximum atomic E-state index is 10.9. The van der Waals surface area contributed by atoms with Gasteiger partial charge in [-0.15, -0.1) is 0 Å². The zero-order chi connectivity index (χ0) is 13.0. The first kappa shape index (κ1) is 13.5. The molecule has 0 heterocycles. The Morgan fingerprint density at radius 3 is 2.53 bits per heavy atom. The predicted molar refractivity (Wildman–Crippen MR) is 70.4 cm³/mol. The molecule has 0 radical (unpaired) electrons. The number of aryl methyl sites for hydroxylation is 1. The SMILES string of the molecule is Cc1ccc(NC(C)CC(C)C)c([N+](=O)[O-])c1. The fraction of sp³-hybridized carbons (Fsp3) is 0.538. The molecule has 94 valence electrons. The number of nitrogens with zero attached hydrogens (tertiary/aromatic N) is 1. The topological polar surface area (TPSA) is 55.2 Å². The van der Waals surface area contributed by atoms with Gasteiger partial charge in [0.15, 0.2) is 0 Å². The fourth-order valence-electron chi connectivity index (χ4n) is 1.95. The highest BCUT2D eigenvalue weighted by atomic mass is 16.6. The number of nitrogens with one attached hydrogen (secondary N) is 1. The smallest absolute Gasteiger partial charge is 0.292 e. The zero-order valence-electron chi connectivity index (χ0n) is 10.9. The number of hydrogen-bond acceptors (Lipinski definition) is 3. The van der Waals surface area contributed by atoms with Crippen molar-refractivity contribution in [1.82, 2.24) is 0 Å². The van der Waals surface area contributed by atoms with E-state index in [-0.39, 0.29) is 16.7 Å². The van der Waals surface area contributed by atoms with Crippen molar-refractivity contribution >= 4 is 11.4 Å². The molecule has 4 nitrogen and oxygen atoms in total. The molecule has 0 aliphatic carbocycles. The standard InChI is InChI=1S/C13H20N2O2/c1-9(2)7-11(4)14-12-6-5-10(3)8-13(12)15(16)17/h5-6,8-9,11,14H,7H2,1-4H3. The van der Waals surface area contributed by atoms with Crippen LogP contribution in [0.3, 0.4) is 0 Å². The summed E-state index contributed by atoms with van der Waals surface area (Å²) in [7, 11) is 0. The molecular weight excluding hydrogens is 216 g/mol. The Kier molecular flexibility index (Phi) is 4.49. The molecule has 1 atom stereocenters. The van der Waals surface area contributed by atoms with E-state index in [2.05, 4.69) is 19.2 Å². The summed E-state index contributed by atoms with van der Waals surface area (Å²) in [5.74, 6) is 0.571. The Morgan fingerprint density at radius 1 is 1.35 bits per heavy atom. The number of anilines is 1. The molecule has 0 fully saturated rings. The summed E-state index contributed by atoms with van der Waals surface area (Å²) in [6.07, 6.45) is 0.991. The van der Waals surface area contributed by atoms with Crippen LogP contribution in [0, 0.1) is 23.0 Å². The highest BCUT2D eigenvalue weighted by Crippen LogP contribution is 2.26. The third kappa shape index (κ3) is 4.06. The third-order valence-corrected chi connectivity index (χ3v) is 2.58. The minimum absolute atomic E-state index is 0.153. The van der Waals surface area contributed by atoms with Crippen molar-refractivity contribution in [2.75, 3.05) is 5.32 Å². The van der Waals surface area contributed by atoms with E-state index in [1.54, 1.807) is 12.1 Å². The molecule has 0 spiro atoms. The molecule has 1 rings (SSSR count). The second kappa shape index (κ2) is 5.66. The van der Waals surface area contributed by atoms with Gasteiger partial charge in [-0.05, 0) is 37.8 Å². The zero-order valence-corrected chi connectivity index (χ0v) is 10.9. The summed E-state index contributed by atoms with van der Waals surface area (Å²) in [6.45, 7) is 8.18. The average molecular weight is 236 g/mol. The van der Waals surface area contributed by atoms with Crippen molar-refractivity contribution in [3.63, 3.8) is 0 Å². The van der Waals surface area contributed by atoms with Gasteiger partial charge in [0.1, 0.15) is 5.69 Å². The van der Waals surface area contributed by atoms with Crippen molar-refractivity contribution in [2.45, 2.75) is 40.2 Å². The van der Waals surface area contributed by atoms with Gasteiger partial charge in [0.2, 0.25) is 0 Å². The Hall–Kier alpha value is -1.58. The number of nitro benzene ring substituents is 1. The van der Waals surface area contributed by atoms with Crippen LogP contribution in [0.25, 0.3) is 0 Å². The lowest BCUT2D eigenvalue weighted by atomic mass is 10.0. The monoisotopic (exact) mass is 236 g/mol. The van der Waals surface area contributed by atoms with E-state index in [0.717, 1.165) is 12.0 Å². The molecule has 0 aromatic heterocycles. The summed E-state index contributed by atoms with van der Waals surface area (Å²) in [5.41, 5.74) is 1.66. The van der Waals surface area contributed by atoms with Crippen molar-refractivity contribution in [3.8, 4) is 0 Å². The van der Waals surface area contributed by atoms with E-state index in [9.17, 15) is 10.1 Å².